The first-order chi connectivity index (χ1) is 13.2. The quantitative estimate of drug-likeness (QED) is 0.831. The first-order valence-corrected chi connectivity index (χ1v) is 9.05. The summed E-state index contributed by atoms with van der Waals surface area (Å²) in [5, 5.41) is 9.90. The van der Waals surface area contributed by atoms with Crippen LogP contribution in [-0.4, -0.2) is 52.6 Å². The summed E-state index contributed by atoms with van der Waals surface area (Å²) in [4.78, 5) is 26.5. The fourth-order valence-corrected chi connectivity index (χ4v) is 3.78. The molecule has 4 rings (SSSR count). The number of aromatic nitrogens is 2. The summed E-state index contributed by atoms with van der Waals surface area (Å²) >= 11 is 0. The minimum absolute atomic E-state index is 0.00734. The molecule has 0 aliphatic carbocycles. The Morgan fingerprint density at radius 3 is 2.85 bits per heavy atom. The summed E-state index contributed by atoms with van der Waals surface area (Å²) in [5.41, 5.74) is 1.04. The first kappa shape index (κ1) is 17.4. The Kier molecular flexibility index (Phi) is 4.70. The maximum Gasteiger partial charge on any atom is 0.274 e. The highest BCUT2D eigenvalue weighted by molar-refractivity contribution is 5.94. The zero-order valence-electron chi connectivity index (χ0n) is 15.1. The normalized spacial score (nSPS) is 21.5. The van der Waals surface area contributed by atoms with E-state index in [4.69, 9.17) is 9.47 Å². The molecular formula is C19H22N4O4. The predicted molar refractivity (Wildman–Crippen MR) is 96.5 cm³/mol. The van der Waals surface area contributed by atoms with E-state index in [1.165, 1.54) is 0 Å². The van der Waals surface area contributed by atoms with Crippen molar-refractivity contribution in [2.75, 3.05) is 13.7 Å². The second-order valence-electron chi connectivity index (χ2n) is 6.82. The number of hydrogen-bond donors (Lipinski definition) is 2. The molecule has 2 aliphatic rings. The van der Waals surface area contributed by atoms with Crippen LogP contribution in [0.1, 0.15) is 35.4 Å². The maximum atomic E-state index is 13.0. The van der Waals surface area contributed by atoms with Gasteiger partial charge in [-0.3, -0.25) is 14.7 Å². The Labute approximate surface area is 156 Å². The number of nitrogens with zero attached hydrogens (tertiary/aromatic N) is 2. The number of carbonyl (C=O) groups excluding carboxylic acids is 2. The van der Waals surface area contributed by atoms with Gasteiger partial charge in [-0.15, -0.1) is 0 Å². The van der Waals surface area contributed by atoms with E-state index in [1.54, 1.807) is 13.2 Å². The number of rotatable bonds is 5. The van der Waals surface area contributed by atoms with Gasteiger partial charge in [0.1, 0.15) is 6.61 Å². The van der Waals surface area contributed by atoms with Crippen molar-refractivity contribution in [2.24, 2.45) is 0 Å². The fourth-order valence-electron chi connectivity index (χ4n) is 3.78. The largest absolute Gasteiger partial charge is 0.493 e. The van der Waals surface area contributed by atoms with Gasteiger partial charge in [0.2, 0.25) is 5.91 Å². The van der Waals surface area contributed by atoms with Gasteiger partial charge < -0.3 is 19.7 Å². The molecule has 2 saturated heterocycles. The van der Waals surface area contributed by atoms with E-state index >= 15 is 0 Å². The number of nitrogens with one attached hydrogen (secondary N) is 2. The van der Waals surface area contributed by atoms with Crippen LogP contribution < -0.4 is 14.8 Å². The van der Waals surface area contributed by atoms with E-state index in [2.05, 4.69) is 15.5 Å². The van der Waals surface area contributed by atoms with Gasteiger partial charge in [0.25, 0.3) is 5.91 Å². The Hall–Kier alpha value is -3.03. The Bertz CT molecular complexity index is 850. The summed E-state index contributed by atoms with van der Waals surface area (Å²) in [6.07, 6.45) is 2.12. The lowest BCUT2D eigenvalue weighted by Gasteiger charge is -2.26. The molecule has 3 heterocycles. The summed E-state index contributed by atoms with van der Waals surface area (Å²) in [7, 11) is 1.59. The number of ether oxygens (including phenoxy) is 2. The van der Waals surface area contributed by atoms with E-state index in [9.17, 15) is 9.59 Å². The molecule has 8 heteroatoms. The molecule has 0 radical (unpaired) electrons. The third-order valence-electron chi connectivity index (χ3n) is 5.11. The molecule has 2 fully saturated rings. The van der Waals surface area contributed by atoms with Gasteiger partial charge in [-0.25, -0.2) is 0 Å². The highest BCUT2D eigenvalue weighted by Crippen LogP contribution is 2.30. The second kappa shape index (κ2) is 7.30. The van der Waals surface area contributed by atoms with Crippen LogP contribution in [0.25, 0.3) is 0 Å². The zero-order valence-corrected chi connectivity index (χ0v) is 15.1. The molecule has 27 heavy (non-hydrogen) atoms. The smallest absolute Gasteiger partial charge is 0.274 e. The highest BCUT2D eigenvalue weighted by Gasteiger charge is 2.41. The van der Waals surface area contributed by atoms with Crippen LogP contribution in [0, 0.1) is 0 Å². The average molecular weight is 370 g/mol. The van der Waals surface area contributed by atoms with Crippen molar-refractivity contribution < 1.29 is 19.1 Å². The molecule has 2 bridgehead atoms. The van der Waals surface area contributed by atoms with E-state index in [0.717, 1.165) is 12.8 Å². The lowest BCUT2D eigenvalue weighted by atomic mass is 10.1. The summed E-state index contributed by atoms with van der Waals surface area (Å²) in [6, 6.07) is 9.07. The van der Waals surface area contributed by atoms with Gasteiger partial charge in [0, 0.05) is 25.0 Å². The zero-order chi connectivity index (χ0) is 18.8. The van der Waals surface area contributed by atoms with Gasteiger partial charge >= 0.3 is 0 Å². The van der Waals surface area contributed by atoms with Gasteiger partial charge in [0.15, 0.2) is 17.2 Å². The third kappa shape index (κ3) is 3.47. The van der Waals surface area contributed by atoms with Gasteiger partial charge in [-0.05, 0) is 31.0 Å². The first-order valence-electron chi connectivity index (χ1n) is 9.05. The van der Waals surface area contributed by atoms with Gasteiger partial charge in [-0.1, -0.05) is 12.1 Å². The highest BCUT2D eigenvalue weighted by atomic mass is 16.5. The van der Waals surface area contributed by atoms with Crippen molar-refractivity contribution in [1.29, 1.82) is 0 Å². The monoisotopic (exact) mass is 370 g/mol. The Morgan fingerprint density at radius 2 is 2.04 bits per heavy atom. The Balaban J connectivity index is 1.44. The van der Waals surface area contributed by atoms with Crippen LogP contribution in [0.2, 0.25) is 0 Å². The Morgan fingerprint density at radius 1 is 1.26 bits per heavy atom. The van der Waals surface area contributed by atoms with Crippen LogP contribution in [0.15, 0.2) is 30.3 Å². The van der Waals surface area contributed by atoms with Crippen LogP contribution in [0.5, 0.6) is 11.5 Å². The van der Waals surface area contributed by atoms with Crippen molar-refractivity contribution in [3.63, 3.8) is 0 Å². The number of carbonyl (C=O) groups is 2. The molecule has 2 atom stereocenters. The molecule has 1 aromatic carbocycles. The summed E-state index contributed by atoms with van der Waals surface area (Å²) in [6.45, 7) is 0.753. The molecule has 2 aliphatic heterocycles. The molecular weight excluding hydrogens is 348 g/mol. The molecule has 0 saturated carbocycles. The third-order valence-corrected chi connectivity index (χ3v) is 5.11. The molecule has 2 amide bonds. The number of fused-ring (bicyclic) bond motifs is 2. The molecule has 142 valence electrons. The topological polar surface area (TPSA) is 96.6 Å². The molecule has 2 aromatic rings. The SMILES string of the molecule is COc1ccccc1OCc1cc(C(=O)N2[C@@H]3CC[C@H]2CNC(=O)C3)n[nH]1. The van der Waals surface area contributed by atoms with Crippen molar-refractivity contribution in [3.8, 4) is 11.5 Å². The van der Waals surface area contributed by atoms with Crippen LogP contribution in [0.3, 0.4) is 0 Å². The maximum absolute atomic E-state index is 13.0. The van der Waals surface area contributed by atoms with E-state index in [0.29, 0.717) is 35.9 Å². The number of methoxy groups -OCH3 is 1. The number of amides is 2. The van der Waals surface area contributed by atoms with E-state index in [-0.39, 0.29) is 30.5 Å². The van der Waals surface area contributed by atoms with Crippen molar-refractivity contribution in [1.82, 2.24) is 20.4 Å². The molecule has 8 nitrogen and oxygen atoms in total. The summed E-state index contributed by atoms with van der Waals surface area (Å²) in [5.74, 6) is 1.14. The van der Waals surface area contributed by atoms with Crippen molar-refractivity contribution >= 4 is 11.8 Å². The number of benzene rings is 1. The van der Waals surface area contributed by atoms with Gasteiger partial charge in [-0.2, -0.15) is 5.10 Å². The average Bonchev–Trinajstić information content (AvgIpc) is 3.27. The minimum Gasteiger partial charge on any atom is -0.493 e. The molecule has 0 unspecified atom stereocenters. The number of aromatic amines is 1. The molecule has 0 spiro atoms. The van der Waals surface area contributed by atoms with Crippen molar-refractivity contribution in [2.45, 2.75) is 38.0 Å². The van der Waals surface area contributed by atoms with Gasteiger partial charge in [0.05, 0.1) is 12.8 Å². The minimum atomic E-state index is -0.140. The van der Waals surface area contributed by atoms with E-state index < -0.39 is 0 Å². The number of H-pyrrole nitrogens is 1. The van der Waals surface area contributed by atoms with Crippen molar-refractivity contribution in [3.05, 3.63) is 41.7 Å². The van der Waals surface area contributed by atoms with Crippen LogP contribution in [0.4, 0.5) is 0 Å². The predicted octanol–water partition coefficient (Wildman–Crippen LogP) is 1.49. The standard InChI is InChI=1S/C19H22N4O4/c1-26-16-4-2-3-5-17(16)27-11-12-8-15(22-21-12)19(25)23-13-6-7-14(23)10-20-18(24)9-13/h2-5,8,13-14H,6-7,9-11H2,1H3,(H,20,24)(H,21,22)/t13-,14+/m1/s1. The summed E-state index contributed by atoms with van der Waals surface area (Å²) < 4.78 is 11.0. The number of hydrogen-bond acceptors (Lipinski definition) is 5. The van der Waals surface area contributed by atoms with Crippen LogP contribution in [-0.2, 0) is 11.4 Å². The van der Waals surface area contributed by atoms with Crippen LogP contribution >= 0.6 is 0 Å². The lowest BCUT2D eigenvalue weighted by Crippen LogP contribution is -2.42. The second-order valence-corrected chi connectivity index (χ2v) is 6.82. The lowest BCUT2D eigenvalue weighted by molar-refractivity contribution is -0.121. The number of para-hydroxylation sites is 2. The van der Waals surface area contributed by atoms with E-state index in [1.807, 2.05) is 29.2 Å². The molecule has 1 aromatic heterocycles. The fraction of sp³-hybridized carbons (Fsp3) is 0.421. The molecule has 2 N–H and O–H groups in total.